The van der Waals surface area contributed by atoms with Crippen molar-refractivity contribution >= 4 is 17.3 Å². The minimum absolute atomic E-state index is 0. The van der Waals surface area contributed by atoms with Gasteiger partial charge in [0.2, 0.25) is 0 Å². The number of Topliss-reactive ketones (excluding diaryl/α,β-unsaturated/α-hetero) is 1. The third kappa shape index (κ3) is 7.21. The zero-order chi connectivity index (χ0) is 15.7. The number of ketones is 1. The quantitative estimate of drug-likeness (QED) is 0.278. The fourth-order valence-corrected chi connectivity index (χ4v) is 1.69. The molecule has 0 aromatic heterocycles. The van der Waals surface area contributed by atoms with E-state index in [2.05, 4.69) is 0 Å². The Morgan fingerprint density at radius 2 is 1.68 bits per heavy atom. The second kappa shape index (κ2) is 10.8. The second-order valence-electron chi connectivity index (χ2n) is 4.48. The number of allylic oxidation sites excluding steroid dienone is 1. The number of esters is 1. The van der Waals surface area contributed by atoms with Crippen LogP contribution in [0, 0.1) is 0 Å². The van der Waals surface area contributed by atoms with Gasteiger partial charge in [-0.15, -0.1) is 30.2 Å². The van der Waals surface area contributed by atoms with E-state index in [0.29, 0.717) is 6.61 Å². The average Bonchev–Trinajstić information content (AvgIpc) is 3.13. The molecule has 0 saturated heterocycles. The first kappa shape index (κ1) is 20.1. The normalized spacial score (nSPS) is 10.0. The van der Waals surface area contributed by atoms with Crippen LogP contribution in [0.4, 0.5) is 0 Å². The summed E-state index contributed by atoms with van der Waals surface area (Å²) in [4.78, 5) is 21.6. The van der Waals surface area contributed by atoms with Crippen LogP contribution in [0.1, 0.15) is 36.7 Å². The van der Waals surface area contributed by atoms with Gasteiger partial charge in [0, 0.05) is 17.1 Å². The molecule has 0 unspecified atom stereocenters. The van der Waals surface area contributed by atoms with Crippen LogP contribution in [0.25, 0.3) is 5.57 Å². The minimum Gasteiger partial charge on any atom is -0.718 e. The Balaban J connectivity index is 0.000000423. The summed E-state index contributed by atoms with van der Waals surface area (Å²) in [5, 5.41) is 0. The fourth-order valence-electron chi connectivity index (χ4n) is 1.69. The molecule has 0 spiro atoms. The number of hydrogen-bond donors (Lipinski definition) is 0. The zero-order valence-corrected chi connectivity index (χ0v) is 14.1. The Morgan fingerprint density at radius 3 is 2.09 bits per heavy atom. The molecule has 4 heteroatoms. The largest absolute Gasteiger partial charge is 0.718 e. The van der Waals surface area contributed by atoms with E-state index < -0.39 is 0 Å². The summed E-state index contributed by atoms with van der Waals surface area (Å²) in [7, 11) is 0. The molecule has 0 aliphatic heterocycles. The van der Waals surface area contributed by atoms with Crippen LogP contribution in [-0.2, 0) is 26.6 Å². The van der Waals surface area contributed by atoms with Gasteiger partial charge in [0.1, 0.15) is 0 Å². The van der Waals surface area contributed by atoms with Crippen molar-refractivity contribution in [2.45, 2.75) is 20.8 Å². The van der Waals surface area contributed by atoms with E-state index in [1.54, 1.807) is 13.8 Å². The molecule has 0 bridgehead atoms. The molecule has 0 saturated carbocycles. The van der Waals surface area contributed by atoms with E-state index in [1.165, 1.54) is 6.08 Å². The third-order valence-electron chi connectivity index (χ3n) is 2.81. The summed E-state index contributed by atoms with van der Waals surface area (Å²) >= 11 is 0. The van der Waals surface area contributed by atoms with Gasteiger partial charge in [0.05, 0.1) is 6.61 Å². The van der Waals surface area contributed by atoms with E-state index in [4.69, 9.17) is 4.74 Å². The number of ether oxygens (including phenoxy) is 1. The van der Waals surface area contributed by atoms with Crippen molar-refractivity contribution < 1.29 is 31.4 Å². The van der Waals surface area contributed by atoms with E-state index in [-0.39, 0.29) is 28.8 Å². The third-order valence-corrected chi connectivity index (χ3v) is 2.81. The van der Waals surface area contributed by atoms with Gasteiger partial charge in [0.25, 0.3) is 5.97 Å². The molecular formula is C18H20FeO3-6. The maximum atomic E-state index is 11.1. The maximum Gasteiger partial charge on any atom is 0.289 e. The molecule has 0 N–H and O–H groups in total. The predicted molar refractivity (Wildman–Crippen MR) is 84.4 cm³/mol. The van der Waals surface area contributed by atoms with Gasteiger partial charge < -0.3 is 39.4 Å². The van der Waals surface area contributed by atoms with Gasteiger partial charge >= 0.3 is 0 Å². The predicted octanol–water partition coefficient (Wildman–Crippen LogP) is 3.98. The topological polar surface area (TPSA) is 43.4 Å². The summed E-state index contributed by atoms with van der Waals surface area (Å²) < 4.78 is 4.80. The van der Waals surface area contributed by atoms with Crippen LogP contribution in [0.15, 0.2) is 54.6 Å². The van der Waals surface area contributed by atoms with Crippen LogP contribution in [0.2, 0.25) is 0 Å². The summed E-state index contributed by atoms with van der Waals surface area (Å²) in [6.07, 6.45) is 1.51. The van der Waals surface area contributed by atoms with E-state index in [1.807, 2.05) is 55.5 Å². The van der Waals surface area contributed by atoms with Gasteiger partial charge in [-0.05, 0) is 13.0 Å². The maximum absolute atomic E-state index is 11.1. The molecule has 0 radical (unpaired) electrons. The molecular weight excluding hydrogens is 320 g/mol. The molecule has 0 aliphatic rings. The molecule has 2 aromatic carbocycles. The zero-order valence-electron chi connectivity index (χ0n) is 13.0. The molecule has 3 nitrogen and oxygen atoms in total. The van der Waals surface area contributed by atoms with Gasteiger partial charge in [-0.1, -0.05) is 6.92 Å². The van der Waals surface area contributed by atoms with Gasteiger partial charge in [-0.25, -0.2) is 0 Å². The molecule has 0 heterocycles. The molecule has 2 rings (SSSR count). The van der Waals surface area contributed by atoms with Crippen LogP contribution in [0.3, 0.4) is 0 Å². The van der Waals surface area contributed by atoms with E-state index >= 15 is 0 Å². The van der Waals surface area contributed by atoms with Crippen molar-refractivity contribution in [1.29, 1.82) is 0 Å². The van der Waals surface area contributed by atoms with Gasteiger partial charge in [-0.2, -0.15) is 12.1 Å². The Kier molecular flexibility index (Phi) is 9.84. The van der Waals surface area contributed by atoms with Crippen molar-refractivity contribution in [3.63, 3.8) is 0 Å². The molecule has 124 valence electrons. The first-order valence-electron chi connectivity index (χ1n) is 6.84. The Labute approximate surface area is 142 Å². The van der Waals surface area contributed by atoms with Crippen molar-refractivity contribution in [1.82, 2.24) is 0 Å². The Morgan fingerprint density at radius 1 is 1.14 bits per heavy atom. The monoisotopic (exact) mass is 340 g/mol. The second-order valence-corrected chi connectivity index (χ2v) is 4.48. The fraction of sp³-hybridized carbons (Fsp3) is 0.222. The van der Waals surface area contributed by atoms with Crippen LogP contribution in [-0.4, -0.2) is 18.4 Å². The molecule has 0 atom stereocenters. The Bertz CT molecular complexity index is 578. The van der Waals surface area contributed by atoms with Crippen molar-refractivity contribution in [3.8, 4) is 0 Å². The van der Waals surface area contributed by atoms with Crippen molar-refractivity contribution in [3.05, 3.63) is 65.7 Å². The smallest absolute Gasteiger partial charge is 0.289 e. The van der Waals surface area contributed by atoms with Crippen molar-refractivity contribution in [2.24, 2.45) is 0 Å². The average molecular weight is 340 g/mol. The number of rotatable bonds is 4. The summed E-state index contributed by atoms with van der Waals surface area (Å²) in [5.41, 5.74) is 2.79. The van der Waals surface area contributed by atoms with E-state index in [0.717, 1.165) is 16.7 Å². The standard InChI is InChI=1S/C11H13O2.C7H7O.Fe/c1-3-13-11(12)8-9(2)10-6-4-5-7-10;1-6(8)7-4-2-3-5-7;/h4-8H,3H2,1-2H3;2-5H,1H3;/q-1;-5;. The molecule has 22 heavy (non-hydrogen) atoms. The molecule has 2 aromatic rings. The number of carbonyl (C=O) groups is 2. The molecule has 0 fully saturated rings. The van der Waals surface area contributed by atoms with Crippen molar-refractivity contribution in [2.75, 3.05) is 6.61 Å². The number of carbonyl (C=O) groups excluding carboxylic acids is 2. The first-order chi connectivity index (χ1) is 10.0. The van der Waals surface area contributed by atoms with Crippen LogP contribution in [0.5, 0.6) is 0 Å². The van der Waals surface area contributed by atoms with Gasteiger partial charge in [0.15, 0.2) is 0 Å². The first-order valence-corrected chi connectivity index (χ1v) is 6.84. The summed E-state index contributed by atoms with van der Waals surface area (Å²) in [6, 6.07) is 15.1. The SMILES string of the molecule is CC(=O)[c-]1[cH-][cH-][cH-][cH-]1.CCOC(=O)C=C(C)[c-]1cccc1.[Fe]. The molecule has 0 aliphatic carbocycles. The molecule has 0 amide bonds. The Hall–Kier alpha value is -1.90. The number of hydrogen-bond acceptors (Lipinski definition) is 3. The minimum atomic E-state index is -0.277. The van der Waals surface area contributed by atoms with Crippen LogP contribution < -0.4 is 0 Å². The summed E-state index contributed by atoms with van der Waals surface area (Å²) in [5.74, 6) is -0.142. The van der Waals surface area contributed by atoms with E-state index in [9.17, 15) is 9.59 Å². The van der Waals surface area contributed by atoms with Crippen LogP contribution >= 0.6 is 0 Å². The summed E-state index contributed by atoms with van der Waals surface area (Å²) in [6.45, 7) is 5.68. The van der Waals surface area contributed by atoms with Gasteiger partial charge in [-0.3, -0.25) is 10.6 Å².